The van der Waals surface area contributed by atoms with Gasteiger partial charge in [-0.15, -0.1) is 0 Å². The van der Waals surface area contributed by atoms with E-state index in [2.05, 4.69) is 10.5 Å². The Morgan fingerprint density at radius 2 is 1.82 bits per heavy atom. The van der Waals surface area contributed by atoms with Gasteiger partial charge in [-0.3, -0.25) is 4.79 Å². The van der Waals surface area contributed by atoms with Crippen LogP contribution in [0, 0.1) is 0 Å². The third-order valence-electron chi connectivity index (χ3n) is 4.41. The molecular formula is C18H20N2O8. The van der Waals surface area contributed by atoms with Crippen molar-refractivity contribution in [1.82, 2.24) is 5.43 Å². The Morgan fingerprint density at radius 1 is 1.11 bits per heavy atom. The largest absolute Gasteiger partial charge is 0.479 e. The molecule has 1 aromatic carbocycles. The lowest BCUT2D eigenvalue weighted by Crippen LogP contribution is -2.60. The Balaban J connectivity index is 1.92. The second kappa shape index (κ2) is 8.17. The molecule has 1 heterocycles. The third-order valence-corrected chi connectivity index (χ3v) is 4.41. The number of carbonyl (C=O) groups is 2. The van der Waals surface area contributed by atoms with Gasteiger partial charge in [0, 0.05) is 6.92 Å². The Kier molecular flexibility index (Phi) is 5.87. The van der Waals surface area contributed by atoms with Gasteiger partial charge in [-0.2, -0.15) is 5.10 Å². The van der Waals surface area contributed by atoms with Crippen molar-refractivity contribution in [2.45, 2.75) is 43.7 Å². The van der Waals surface area contributed by atoms with Crippen LogP contribution < -0.4 is 5.43 Å². The van der Waals surface area contributed by atoms with Crippen LogP contribution in [0.3, 0.4) is 0 Å². The number of nitrogens with one attached hydrogen (secondary N) is 1. The summed E-state index contributed by atoms with van der Waals surface area (Å²) < 4.78 is 11.0. The van der Waals surface area contributed by atoms with Crippen LogP contribution in [0.5, 0.6) is 0 Å². The third kappa shape index (κ3) is 3.96. The number of hydrazone groups is 1. The fourth-order valence-electron chi connectivity index (χ4n) is 3.00. The Labute approximate surface area is 159 Å². The fraction of sp³-hybridized carbons (Fsp3) is 0.389. The first kappa shape index (κ1) is 20.1. The smallest absolute Gasteiger partial charge is 0.335 e. The maximum Gasteiger partial charge on any atom is 0.335 e. The maximum atomic E-state index is 11.3. The molecule has 0 saturated carbocycles. The summed E-state index contributed by atoms with van der Waals surface area (Å²) in [6.07, 6.45) is -6.23. The molecule has 0 radical (unpaired) electrons. The van der Waals surface area contributed by atoms with Crippen molar-refractivity contribution >= 4 is 23.7 Å². The Morgan fingerprint density at radius 3 is 2.50 bits per heavy atom. The second-order valence-electron chi connectivity index (χ2n) is 6.42. The molecule has 0 bridgehead atoms. The minimum absolute atomic E-state index is 0.275. The number of amides is 1. The Hall–Kier alpha value is -2.63. The van der Waals surface area contributed by atoms with Gasteiger partial charge in [0.15, 0.2) is 12.4 Å². The van der Waals surface area contributed by atoms with E-state index in [-0.39, 0.29) is 5.71 Å². The van der Waals surface area contributed by atoms with Gasteiger partial charge < -0.3 is 29.9 Å². The number of fused-ring (bicyclic) bond motifs is 1. The lowest BCUT2D eigenvalue weighted by atomic mass is 9.93. The van der Waals surface area contributed by atoms with Crippen LogP contribution in [0.2, 0.25) is 0 Å². The number of hydrogen-bond acceptors (Lipinski definition) is 8. The topological polar surface area (TPSA) is 158 Å². The molecule has 1 aromatic rings. The number of carboxylic acid groups (broad SMARTS) is 1. The highest BCUT2D eigenvalue weighted by Crippen LogP contribution is 2.33. The molecule has 1 aliphatic heterocycles. The minimum Gasteiger partial charge on any atom is -0.479 e. The van der Waals surface area contributed by atoms with E-state index in [1.54, 1.807) is 24.3 Å². The molecule has 28 heavy (non-hydrogen) atoms. The molecule has 150 valence electrons. The number of aliphatic hydroxyl groups is 3. The van der Waals surface area contributed by atoms with Gasteiger partial charge in [0.25, 0.3) is 0 Å². The lowest BCUT2D eigenvalue weighted by Gasteiger charge is -2.40. The second-order valence-corrected chi connectivity index (χ2v) is 6.42. The van der Waals surface area contributed by atoms with Crippen molar-refractivity contribution in [2.75, 3.05) is 0 Å². The van der Waals surface area contributed by atoms with Crippen LogP contribution in [0.25, 0.3) is 6.08 Å². The predicted molar refractivity (Wildman–Crippen MR) is 94.9 cm³/mol. The number of nitrogens with zero attached hydrogens (tertiary/aromatic N) is 1. The van der Waals surface area contributed by atoms with Crippen LogP contribution in [-0.4, -0.2) is 68.7 Å². The van der Waals surface area contributed by atoms with Gasteiger partial charge in [0.05, 0.1) is 5.71 Å². The van der Waals surface area contributed by atoms with E-state index in [4.69, 9.17) is 9.47 Å². The summed E-state index contributed by atoms with van der Waals surface area (Å²) in [4.78, 5) is 22.5. The van der Waals surface area contributed by atoms with Gasteiger partial charge >= 0.3 is 5.97 Å². The molecule has 1 fully saturated rings. The molecule has 10 heteroatoms. The molecule has 0 spiro atoms. The highest BCUT2D eigenvalue weighted by Gasteiger charge is 2.48. The van der Waals surface area contributed by atoms with Crippen molar-refractivity contribution in [3.8, 4) is 0 Å². The zero-order chi connectivity index (χ0) is 20.4. The van der Waals surface area contributed by atoms with Gasteiger partial charge in [-0.1, -0.05) is 30.3 Å². The molecular weight excluding hydrogens is 372 g/mol. The molecule has 10 nitrogen and oxygen atoms in total. The van der Waals surface area contributed by atoms with Crippen LogP contribution in [0.4, 0.5) is 0 Å². The summed E-state index contributed by atoms with van der Waals surface area (Å²) in [6.45, 7) is 1.28. The highest BCUT2D eigenvalue weighted by molar-refractivity contribution is 6.05. The van der Waals surface area contributed by atoms with Crippen LogP contribution in [0.15, 0.2) is 35.4 Å². The molecule has 1 unspecified atom stereocenters. The maximum absolute atomic E-state index is 11.3. The van der Waals surface area contributed by atoms with E-state index in [9.17, 15) is 30.0 Å². The van der Waals surface area contributed by atoms with Crippen LogP contribution >= 0.6 is 0 Å². The number of hydrogen-bond donors (Lipinski definition) is 5. The summed E-state index contributed by atoms with van der Waals surface area (Å²) in [5.41, 5.74) is 4.00. The number of rotatable bonds is 4. The zero-order valence-corrected chi connectivity index (χ0v) is 14.8. The summed E-state index contributed by atoms with van der Waals surface area (Å²) in [5.74, 6) is -1.92. The Bertz CT molecular complexity index is 824. The van der Waals surface area contributed by atoms with Crippen molar-refractivity contribution in [3.63, 3.8) is 0 Å². The molecule has 1 aliphatic carbocycles. The van der Waals surface area contributed by atoms with Crippen molar-refractivity contribution in [3.05, 3.63) is 41.5 Å². The van der Waals surface area contributed by atoms with Gasteiger partial charge in [0.1, 0.15) is 24.4 Å². The van der Waals surface area contributed by atoms with Crippen LogP contribution in [0.1, 0.15) is 24.2 Å². The number of carboxylic acids is 1. The monoisotopic (exact) mass is 392 g/mol. The van der Waals surface area contributed by atoms with Crippen molar-refractivity contribution in [1.29, 1.82) is 0 Å². The first-order valence-electron chi connectivity index (χ1n) is 8.48. The number of benzene rings is 1. The number of aliphatic hydroxyl groups excluding tert-OH is 3. The summed E-state index contributed by atoms with van der Waals surface area (Å²) in [6, 6.07) is 7.11. The van der Waals surface area contributed by atoms with E-state index in [0.717, 1.165) is 5.56 Å². The summed E-state index contributed by atoms with van der Waals surface area (Å²) >= 11 is 0. The number of aliphatic carboxylic acids is 1. The van der Waals surface area contributed by atoms with Gasteiger partial charge in [-0.25, -0.2) is 10.2 Å². The normalized spacial score (nSPS) is 33.4. The lowest BCUT2D eigenvalue weighted by molar-refractivity contribution is -0.299. The summed E-state index contributed by atoms with van der Waals surface area (Å²) in [7, 11) is 0. The first-order valence-corrected chi connectivity index (χ1v) is 8.48. The highest BCUT2D eigenvalue weighted by atomic mass is 16.7. The molecule has 1 saturated heterocycles. The van der Waals surface area contributed by atoms with Gasteiger partial charge in [-0.05, 0) is 17.2 Å². The molecule has 1 amide bonds. The average Bonchev–Trinajstić information content (AvgIpc) is 2.67. The predicted octanol–water partition coefficient (Wildman–Crippen LogP) is -0.845. The first-order chi connectivity index (χ1) is 13.3. The SMILES string of the molecule is CC(=O)N/N=C1\C=Cc2ccccc2C1O[C@H]1O[C@@H](C(=O)O)[C@H](O)[C@@H](O)[C@@H]1O. The molecule has 2 aliphatic rings. The fourth-order valence-corrected chi connectivity index (χ4v) is 3.00. The number of carbonyl (C=O) groups excluding carboxylic acids is 1. The number of ether oxygens (including phenoxy) is 2. The minimum atomic E-state index is -1.82. The molecule has 3 rings (SSSR count). The molecule has 6 atom stereocenters. The van der Waals surface area contributed by atoms with E-state index >= 15 is 0 Å². The molecule has 0 aromatic heterocycles. The average molecular weight is 392 g/mol. The van der Waals surface area contributed by atoms with E-state index in [1.165, 1.54) is 6.92 Å². The van der Waals surface area contributed by atoms with Crippen molar-refractivity contribution < 1.29 is 39.5 Å². The van der Waals surface area contributed by atoms with E-state index in [0.29, 0.717) is 5.56 Å². The standard InChI is InChI=1S/C18H20N2O8/c1-8(21)19-20-11-7-6-9-4-2-3-5-10(9)15(11)27-18-14(24)12(22)13(23)16(28-18)17(25)26/h2-7,12-16,18,22-24H,1H3,(H,19,21)(H,25,26)/b20-11+/t12-,13-,14+,15?,16-,18+/m1/s1. The van der Waals surface area contributed by atoms with Crippen LogP contribution in [-0.2, 0) is 19.1 Å². The zero-order valence-electron chi connectivity index (χ0n) is 14.8. The van der Waals surface area contributed by atoms with E-state index in [1.807, 2.05) is 12.1 Å². The quantitative estimate of drug-likeness (QED) is 0.415. The van der Waals surface area contributed by atoms with Gasteiger partial charge in [0.2, 0.25) is 5.91 Å². The van der Waals surface area contributed by atoms with Crippen molar-refractivity contribution in [2.24, 2.45) is 5.10 Å². The molecule has 5 N–H and O–H groups in total. The summed E-state index contributed by atoms with van der Waals surface area (Å²) in [5, 5.41) is 43.1. The van der Waals surface area contributed by atoms with E-state index < -0.39 is 48.7 Å².